The average Bonchev–Trinajstić information content (AvgIpc) is 2.84. The van der Waals surface area contributed by atoms with Crippen molar-refractivity contribution in [2.45, 2.75) is 11.8 Å². The number of carbonyl (C=O) groups excluding carboxylic acids is 2. The zero-order valence-electron chi connectivity index (χ0n) is 17.1. The fourth-order valence-electron chi connectivity index (χ4n) is 3.89. The van der Waals surface area contributed by atoms with E-state index in [0.29, 0.717) is 22.3 Å². The minimum atomic E-state index is -0.920. The molecule has 0 aliphatic heterocycles. The molecule has 0 saturated heterocycles. The predicted octanol–water partition coefficient (Wildman–Crippen LogP) is 6.60. The van der Waals surface area contributed by atoms with Crippen LogP contribution in [0.1, 0.15) is 43.7 Å². The van der Waals surface area contributed by atoms with E-state index in [1.807, 2.05) is 0 Å². The molecule has 2 atom stereocenters. The number of Topliss-reactive ketones (excluding diaryl/α,β-unsaturated/α-hetero) is 2. The molecule has 0 aliphatic carbocycles. The second kappa shape index (κ2) is 9.48. The number of carbonyl (C=O) groups is 2. The molecule has 4 rings (SSSR count). The van der Waals surface area contributed by atoms with Crippen molar-refractivity contribution in [3.8, 4) is 0 Å². The lowest BCUT2D eigenvalue weighted by Crippen LogP contribution is -2.27. The van der Waals surface area contributed by atoms with E-state index in [1.54, 1.807) is 60.7 Å². The van der Waals surface area contributed by atoms with Crippen molar-refractivity contribution in [3.05, 3.63) is 143 Å². The lowest BCUT2D eigenvalue weighted by Gasteiger charge is -2.26. The summed E-state index contributed by atoms with van der Waals surface area (Å²) < 4.78 is 27.3. The van der Waals surface area contributed by atoms with Gasteiger partial charge in [0.1, 0.15) is 11.6 Å². The average molecular weight is 426 g/mol. The Hall–Kier alpha value is -3.92. The van der Waals surface area contributed by atoms with Gasteiger partial charge >= 0.3 is 0 Å². The molecule has 0 heterocycles. The van der Waals surface area contributed by atoms with Crippen LogP contribution in [0.3, 0.4) is 0 Å². The second-order valence-corrected chi connectivity index (χ2v) is 7.52. The van der Waals surface area contributed by atoms with Gasteiger partial charge in [0.25, 0.3) is 0 Å². The minimum Gasteiger partial charge on any atom is -0.293 e. The van der Waals surface area contributed by atoms with Crippen molar-refractivity contribution >= 4 is 11.6 Å². The van der Waals surface area contributed by atoms with Crippen molar-refractivity contribution in [2.75, 3.05) is 0 Å². The maximum Gasteiger partial charge on any atom is 0.171 e. The van der Waals surface area contributed by atoms with Crippen LogP contribution in [0.4, 0.5) is 8.78 Å². The summed E-state index contributed by atoms with van der Waals surface area (Å²) in [6, 6.07) is 28.5. The molecule has 0 spiro atoms. The number of halogens is 2. The summed E-state index contributed by atoms with van der Waals surface area (Å²) in [5.41, 5.74) is 1.90. The van der Waals surface area contributed by atoms with E-state index in [-0.39, 0.29) is 11.6 Å². The first-order valence-corrected chi connectivity index (χ1v) is 10.2. The van der Waals surface area contributed by atoms with Crippen LogP contribution in [-0.4, -0.2) is 11.6 Å². The Balaban J connectivity index is 1.91. The van der Waals surface area contributed by atoms with Crippen LogP contribution in [0, 0.1) is 11.6 Å². The third-order valence-electron chi connectivity index (χ3n) is 5.47. The largest absolute Gasteiger partial charge is 0.293 e. The van der Waals surface area contributed by atoms with Gasteiger partial charge in [0.15, 0.2) is 11.6 Å². The molecule has 0 bridgehead atoms. The third kappa shape index (κ3) is 4.54. The number of hydrogen-bond acceptors (Lipinski definition) is 2. The molecule has 158 valence electrons. The molecule has 4 aromatic rings. The Morgan fingerprint density at radius 3 is 1.09 bits per heavy atom. The fraction of sp³-hybridized carbons (Fsp3) is 0.0714. The maximum absolute atomic E-state index is 13.7. The Morgan fingerprint density at radius 1 is 0.469 bits per heavy atom. The highest BCUT2D eigenvalue weighted by atomic mass is 19.1. The molecule has 2 unspecified atom stereocenters. The second-order valence-electron chi connectivity index (χ2n) is 7.52. The SMILES string of the molecule is O=C(c1ccccc1)C(c1ccc(F)cc1)C(C(=O)c1ccccc1)c1ccc(F)cc1. The molecule has 0 amide bonds. The van der Waals surface area contributed by atoms with Crippen LogP contribution in [0.25, 0.3) is 0 Å². The van der Waals surface area contributed by atoms with E-state index >= 15 is 0 Å². The van der Waals surface area contributed by atoms with Crippen molar-refractivity contribution in [3.63, 3.8) is 0 Å². The molecule has 4 aromatic carbocycles. The number of benzene rings is 4. The Labute approximate surface area is 185 Å². The number of ketones is 2. The highest BCUT2D eigenvalue weighted by Gasteiger charge is 2.37. The van der Waals surface area contributed by atoms with Gasteiger partial charge in [-0.25, -0.2) is 8.78 Å². The summed E-state index contributed by atoms with van der Waals surface area (Å²) in [5, 5.41) is 0. The van der Waals surface area contributed by atoms with Gasteiger partial charge in [-0.1, -0.05) is 84.9 Å². The van der Waals surface area contributed by atoms with Crippen LogP contribution in [0.5, 0.6) is 0 Å². The summed E-state index contributed by atoms with van der Waals surface area (Å²) in [4.78, 5) is 27.5. The Kier molecular flexibility index (Phi) is 6.31. The van der Waals surface area contributed by atoms with E-state index in [0.717, 1.165) is 0 Å². The fourth-order valence-corrected chi connectivity index (χ4v) is 3.89. The van der Waals surface area contributed by atoms with Crippen molar-refractivity contribution in [1.29, 1.82) is 0 Å². The lowest BCUT2D eigenvalue weighted by molar-refractivity contribution is 0.0866. The molecule has 0 aliphatic rings. The zero-order chi connectivity index (χ0) is 22.5. The van der Waals surface area contributed by atoms with Gasteiger partial charge < -0.3 is 0 Å². The van der Waals surface area contributed by atoms with Crippen LogP contribution in [-0.2, 0) is 0 Å². The van der Waals surface area contributed by atoms with Gasteiger partial charge in [-0.2, -0.15) is 0 Å². The Morgan fingerprint density at radius 2 is 0.781 bits per heavy atom. The molecular weight excluding hydrogens is 406 g/mol. The summed E-state index contributed by atoms with van der Waals surface area (Å²) in [6.07, 6.45) is 0. The first-order valence-electron chi connectivity index (χ1n) is 10.2. The van der Waals surface area contributed by atoms with Gasteiger partial charge in [0.05, 0.1) is 11.8 Å². The first-order chi connectivity index (χ1) is 15.5. The molecule has 0 saturated carbocycles. The minimum absolute atomic E-state index is 0.268. The van der Waals surface area contributed by atoms with E-state index in [2.05, 4.69) is 0 Å². The highest BCUT2D eigenvalue weighted by Crippen LogP contribution is 2.38. The summed E-state index contributed by atoms with van der Waals surface area (Å²) in [6.45, 7) is 0. The normalized spacial score (nSPS) is 12.7. The summed E-state index contributed by atoms with van der Waals surface area (Å²) in [5.74, 6) is -3.25. The maximum atomic E-state index is 13.7. The third-order valence-corrected chi connectivity index (χ3v) is 5.47. The van der Waals surface area contributed by atoms with Crippen molar-refractivity contribution in [1.82, 2.24) is 0 Å². The molecule has 0 aromatic heterocycles. The molecular formula is C28H20F2O2. The predicted molar refractivity (Wildman–Crippen MR) is 120 cm³/mol. The zero-order valence-corrected chi connectivity index (χ0v) is 17.1. The van der Waals surface area contributed by atoms with Crippen LogP contribution >= 0.6 is 0 Å². The highest BCUT2D eigenvalue weighted by molar-refractivity contribution is 6.09. The molecule has 4 heteroatoms. The number of hydrogen-bond donors (Lipinski definition) is 0. The topological polar surface area (TPSA) is 34.1 Å². The lowest BCUT2D eigenvalue weighted by atomic mass is 9.73. The Bertz CT molecular complexity index is 1100. The van der Waals surface area contributed by atoms with Gasteiger partial charge in [-0.15, -0.1) is 0 Å². The van der Waals surface area contributed by atoms with Crippen LogP contribution in [0.2, 0.25) is 0 Å². The van der Waals surface area contributed by atoms with Crippen molar-refractivity contribution < 1.29 is 18.4 Å². The monoisotopic (exact) mass is 426 g/mol. The standard InChI is InChI=1S/C28H20F2O2/c29-23-15-11-19(12-16-23)25(27(31)21-7-3-1-4-8-21)26(20-13-17-24(30)18-14-20)28(32)22-9-5-2-6-10-22/h1-18,25-26H. The molecule has 0 radical (unpaired) electrons. The van der Waals surface area contributed by atoms with Crippen LogP contribution in [0.15, 0.2) is 109 Å². The first kappa shape index (κ1) is 21.3. The smallest absolute Gasteiger partial charge is 0.171 e. The summed E-state index contributed by atoms with van der Waals surface area (Å²) >= 11 is 0. The quantitative estimate of drug-likeness (QED) is 0.312. The van der Waals surface area contributed by atoms with Crippen LogP contribution < -0.4 is 0 Å². The molecule has 32 heavy (non-hydrogen) atoms. The van der Waals surface area contributed by atoms with Gasteiger partial charge in [-0.3, -0.25) is 9.59 Å². The van der Waals surface area contributed by atoms with Gasteiger partial charge in [0, 0.05) is 11.1 Å². The molecule has 0 fully saturated rings. The van der Waals surface area contributed by atoms with E-state index < -0.39 is 23.5 Å². The van der Waals surface area contributed by atoms with Gasteiger partial charge in [-0.05, 0) is 35.4 Å². The van der Waals surface area contributed by atoms with Gasteiger partial charge in [0.2, 0.25) is 0 Å². The van der Waals surface area contributed by atoms with E-state index in [4.69, 9.17) is 0 Å². The van der Waals surface area contributed by atoms with Crippen molar-refractivity contribution in [2.24, 2.45) is 0 Å². The van der Waals surface area contributed by atoms with E-state index in [9.17, 15) is 18.4 Å². The number of rotatable bonds is 7. The molecule has 0 N–H and O–H groups in total. The molecule has 2 nitrogen and oxygen atoms in total. The van der Waals surface area contributed by atoms with E-state index in [1.165, 1.54) is 48.5 Å². The summed E-state index contributed by atoms with van der Waals surface area (Å²) in [7, 11) is 0.